The molecule has 0 atom stereocenters. The molecule has 0 aromatic carbocycles. The van der Waals surface area contributed by atoms with Gasteiger partial charge in [0.05, 0.1) is 69.8 Å². The molecule has 0 bridgehead atoms. The zero-order valence-corrected chi connectivity index (χ0v) is 102. The molecule has 5 aromatic heterocycles. The Morgan fingerprint density at radius 3 is 0.956 bits per heavy atom. The molecule has 0 aliphatic carbocycles. The van der Waals surface area contributed by atoms with Crippen LogP contribution in [-0.2, 0) is 111 Å². The van der Waals surface area contributed by atoms with Gasteiger partial charge in [-0.25, -0.2) is 18.7 Å². The molecular formula is C88H166B3Br3ClF9LiN10NaO14Si5. The van der Waals surface area contributed by atoms with Crippen LogP contribution in [0.4, 0.5) is 39.5 Å². The zero-order chi connectivity index (χ0) is 103. The Kier molecular flexibility index (Phi) is 60.7. The average molecular weight is 2240 g/mol. The maximum atomic E-state index is 13.6. The summed E-state index contributed by atoms with van der Waals surface area (Å²) in [4.78, 5) is 0. The number of ether oxygens (including phenoxy) is 7. The minimum Gasteiger partial charge on any atom is -1.00 e. The van der Waals surface area contributed by atoms with Crippen molar-refractivity contribution < 1.29 is 155 Å². The van der Waals surface area contributed by atoms with Crippen molar-refractivity contribution in [3.05, 3.63) is 77.3 Å². The van der Waals surface area contributed by atoms with Crippen LogP contribution in [0.25, 0.3) is 0 Å². The number of rotatable bonds is 29. The SMILES string of the molecule is C1CCOC1.C1CCOC1.CC(C)OB1OC(C)(C)C(C)(C)O1.C[Si](C)(C)CCOCCl.Cc1[nH]nc(C(F)(F)F)c1Br.Cc1c(B2OC(C)(C)C(C)(C)O2)c(C(F)(F)F)nn1COCC[Si](C)(C)C.Cc1c(Br)c(C(F)(F)F)nn1COCC[Si](C)(C)C.Cc1nn(COCC[Si](C)(C)C)c(C)c1B1OC(C)(C)C(C)(C)O1.Cc1nn(COCC[Si](C)(C)C)c(C)c1Br.[CH2-]CCC.[H-].[Li+].[Na+]. The quantitative estimate of drug-likeness (QED) is 0.0154. The van der Waals surface area contributed by atoms with Crippen molar-refractivity contribution in [2.75, 3.05) is 65.5 Å². The first-order chi connectivity index (χ1) is 60.4. The summed E-state index contributed by atoms with van der Waals surface area (Å²) in [5.74, 6) is 0. The summed E-state index contributed by atoms with van der Waals surface area (Å²) in [5.41, 5.74) is 0.699. The summed E-state index contributed by atoms with van der Waals surface area (Å²) in [6.07, 6.45) is -5.93. The van der Waals surface area contributed by atoms with Gasteiger partial charge in [0.2, 0.25) is 0 Å². The third-order valence-corrected chi connectivity index (χ3v) is 34.1. The summed E-state index contributed by atoms with van der Waals surface area (Å²) in [6, 6.07) is 5.82. The first-order valence-corrected chi connectivity index (χ1v) is 67.4. The van der Waals surface area contributed by atoms with E-state index in [0.29, 0.717) is 49.8 Å². The first kappa shape index (κ1) is 137. The third-order valence-electron chi connectivity index (χ3n) is 22.3. The number of aryl methyl sites for hydroxylation is 3. The van der Waals surface area contributed by atoms with Crippen molar-refractivity contribution in [1.29, 1.82) is 0 Å². The third kappa shape index (κ3) is 51.1. The van der Waals surface area contributed by atoms with Crippen LogP contribution in [0.15, 0.2) is 13.4 Å². The van der Waals surface area contributed by atoms with Gasteiger partial charge in [0.25, 0.3) is 0 Å². The van der Waals surface area contributed by atoms with Gasteiger partial charge in [0, 0.05) is 134 Å². The summed E-state index contributed by atoms with van der Waals surface area (Å²) in [7, 11) is -7.40. The number of nitrogens with zero attached hydrogens (tertiary/aromatic N) is 9. The summed E-state index contributed by atoms with van der Waals surface area (Å²) in [6.45, 7) is 89.0. The van der Waals surface area contributed by atoms with E-state index in [1.807, 2.05) is 71.7 Å². The van der Waals surface area contributed by atoms with Gasteiger partial charge in [0.1, 0.15) is 33.0 Å². The van der Waals surface area contributed by atoms with Crippen LogP contribution in [0.5, 0.6) is 0 Å². The topological polar surface area (TPSA) is 229 Å². The van der Waals surface area contributed by atoms with Crippen LogP contribution in [0.2, 0.25) is 128 Å². The Labute approximate surface area is 876 Å². The number of halogens is 13. The molecule has 0 amide bonds. The van der Waals surface area contributed by atoms with Crippen LogP contribution in [0.1, 0.15) is 201 Å². The van der Waals surface area contributed by atoms with Gasteiger partial charge in [-0.2, -0.15) is 71.4 Å². The van der Waals surface area contributed by atoms with E-state index in [9.17, 15) is 39.5 Å². The number of hydrogen-bond acceptors (Lipinski definition) is 19. The molecule has 24 nitrogen and oxygen atoms in total. The second kappa shape index (κ2) is 60.1. The van der Waals surface area contributed by atoms with E-state index < -0.39 is 102 Å². The van der Waals surface area contributed by atoms with E-state index >= 15 is 0 Å². The van der Waals surface area contributed by atoms with Gasteiger partial charge in [-0.3, -0.25) is 5.10 Å². The molecule has 10 rings (SSSR count). The second-order valence-electron chi connectivity index (χ2n) is 42.8. The summed E-state index contributed by atoms with van der Waals surface area (Å²) < 4.78 is 200. The number of hydrogen-bond donors (Lipinski definition) is 1. The molecule has 5 fully saturated rings. The van der Waals surface area contributed by atoms with Gasteiger partial charge < -0.3 is 74.1 Å². The molecule has 1 N–H and O–H groups in total. The van der Waals surface area contributed by atoms with Gasteiger partial charge in [-0.1, -0.05) is 123 Å². The van der Waals surface area contributed by atoms with E-state index in [4.69, 9.17) is 77.3 Å². The number of nitrogens with one attached hydrogen (secondary N) is 1. The fraction of sp³-hybridized carbons (Fsp3) is 0.818. The van der Waals surface area contributed by atoms with Crippen LogP contribution >= 0.6 is 59.4 Å². The number of aromatic amines is 1. The fourth-order valence-corrected chi connectivity index (χ4v) is 16.2. The van der Waals surface area contributed by atoms with Crippen LogP contribution in [-0.4, -0.2) is 216 Å². The first-order valence-electron chi connectivity index (χ1n) is 45.9. The minimum absolute atomic E-state index is 0. The van der Waals surface area contributed by atoms with Crippen LogP contribution in [0, 0.1) is 55.4 Å². The molecule has 0 unspecified atom stereocenters. The van der Waals surface area contributed by atoms with Crippen molar-refractivity contribution in [2.45, 2.75) is 404 Å². The summed E-state index contributed by atoms with van der Waals surface area (Å²) in [5, 5.41) is 21.7. The Balaban J connectivity index is -0.00000150. The molecule has 47 heteroatoms. The van der Waals surface area contributed by atoms with Gasteiger partial charge >= 0.3 is 88.5 Å². The van der Waals surface area contributed by atoms with Crippen molar-refractivity contribution in [2.24, 2.45) is 0 Å². The molecule has 5 saturated heterocycles. The van der Waals surface area contributed by atoms with Crippen LogP contribution < -0.4 is 59.3 Å². The molecule has 0 saturated carbocycles. The zero-order valence-electron chi connectivity index (χ0n) is 90.3. The fourth-order valence-electron chi connectivity index (χ4n) is 11.1. The van der Waals surface area contributed by atoms with E-state index in [0.717, 1.165) is 104 Å². The maximum Gasteiger partial charge on any atom is 1.00 e. The van der Waals surface area contributed by atoms with E-state index in [1.165, 1.54) is 60.5 Å². The van der Waals surface area contributed by atoms with Gasteiger partial charge in [0.15, 0.2) is 17.1 Å². The van der Waals surface area contributed by atoms with Gasteiger partial charge in [-0.05, 0) is 249 Å². The number of H-pyrrole nitrogens is 1. The predicted molar refractivity (Wildman–Crippen MR) is 545 cm³/mol. The van der Waals surface area contributed by atoms with Crippen molar-refractivity contribution in [3.63, 3.8) is 0 Å². The Morgan fingerprint density at radius 1 is 0.430 bits per heavy atom. The average Bonchev–Trinajstić information content (AvgIpc) is 1.60. The Hall–Kier alpha value is -0.533. The standard InChI is InChI=1S/C17H30BF3N2O3Si.C17H33BN2O3Si.C11H18BrF3N2OSi.C11H21BrN2OSi.C9H19BO3.C6H15ClOSi.C5H4BrF3N2.2C4H8O.C4H9.Li.Na.H/c1-12-13(18-25-15(2,3)16(4,5)26-18)14(17(19,20)21)22-23(12)11-24-9-10-27(6,7)8;1-13-15(18-22-16(3,4)17(5,6)23-18)14(2)20(19-13)12-21-10-11-24(7,8)9;1-8-9(12)10(11(13,14)15)16-17(8)7-18-5-6-19(2,3)4;1-9-11(12)10(2)14(13-9)8-15-6-7-16(3,4)5;1-7(2)11-10-12-8(3,4)9(5,6)13-10;1-9(2,3)5-4-8-6-7;1-2-3(6)4(11-10-2)5(7,8)9;2*1-2-4-5-3-1;1-3-4-2;;;/h9-11H2,1-8H3;10-12H2,1-9H3;5-7H2,1-4H3;6-8H2,1-5H3;7H,1-6H3;4-6H2,1-3H3;1H3,(H,10,11);2*1-4H2;1,3-4H2,2H3;;;/q;;;;;;;;;-1;2*+1;-1. The normalized spacial score (nSPS) is 17.0. The molecule has 10 heterocycles. The van der Waals surface area contributed by atoms with Crippen molar-refractivity contribution in [1.82, 2.24) is 49.3 Å². The molecule has 0 radical (unpaired) electrons. The number of aromatic nitrogens is 10. The van der Waals surface area contributed by atoms with Crippen LogP contribution in [0.3, 0.4) is 0 Å². The molecule has 5 aliphatic rings. The second-order valence-corrected chi connectivity index (χ2v) is 73.5. The van der Waals surface area contributed by atoms with Gasteiger partial charge in [-0.15, -0.1) is 0 Å². The van der Waals surface area contributed by atoms with Crippen molar-refractivity contribution in [3.8, 4) is 0 Å². The smallest absolute Gasteiger partial charge is 1.00 e. The molecule has 135 heavy (non-hydrogen) atoms. The minimum atomic E-state index is -4.60. The largest absolute Gasteiger partial charge is 1.00 e. The van der Waals surface area contributed by atoms with E-state index in [-0.39, 0.29) is 113 Å². The van der Waals surface area contributed by atoms with E-state index in [1.54, 1.807) is 41.5 Å². The maximum absolute atomic E-state index is 13.6. The monoisotopic (exact) mass is 2230 g/mol. The predicted octanol–water partition coefficient (Wildman–Crippen LogP) is 19.2. The Bertz CT molecular complexity index is 4110. The molecule has 0 spiro atoms. The molecule has 5 aliphatic heterocycles. The molecule has 774 valence electrons. The molecule has 5 aromatic rings. The number of alkyl halides is 10. The summed E-state index contributed by atoms with van der Waals surface area (Å²) >= 11 is 14.5. The van der Waals surface area contributed by atoms with Crippen molar-refractivity contribution >= 4 is 132 Å². The molecular weight excluding hydrogens is 2070 g/mol. The Morgan fingerprint density at radius 2 is 0.704 bits per heavy atom. The van der Waals surface area contributed by atoms with E-state index in [2.05, 4.69) is 225 Å². The number of unbranched alkanes of at least 4 members (excludes halogenated alkanes) is 1.